The number of carboxylic acid groups (broad SMARTS) is 1. The summed E-state index contributed by atoms with van der Waals surface area (Å²) in [5.74, 6) is -3.22. The summed E-state index contributed by atoms with van der Waals surface area (Å²) in [6, 6.07) is 0.922. The second-order valence-electron chi connectivity index (χ2n) is 5.72. The highest BCUT2D eigenvalue weighted by molar-refractivity contribution is 6.07. The number of benzene rings is 1. The average Bonchev–Trinajstić information content (AvgIpc) is 2.62. The van der Waals surface area contributed by atoms with Crippen molar-refractivity contribution in [2.75, 3.05) is 6.61 Å². The molecule has 0 aliphatic carbocycles. The van der Waals surface area contributed by atoms with Crippen LogP contribution in [0.1, 0.15) is 34.6 Å². The van der Waals surface area contributed by atoms with Crippen molar-refractivity contribution in [3.8, 4) is 0 Å². The van der Waals surface area contributed by atoms with E-state index >= 15 is 0 Å². The lowest BCUT2D eigenvalue weighted by Crippen LogP contribution is -2.22. The van der Waals surface area contributed by atoms with Crippen LogP contribution in [0.4, 0.5) is 4.39 Å². The third kappa shape index (κ3) is 2.77. The minimum atomic E-state index is -1.47. The van der Waals surface area contributed by atoms with Crippen molar-refractivity contribution in [1.82, 2.24) is 9.55 Å². The predicted octanol–water partition coefficient (Wildman–Crippen LogP) is 1.88. The average molecular weight is 374 g/mol. The summed E-state index contributed by atoms with van der Waals surface area (Å²) in [6.45, 7) is 3.48. The van der Waals surface area contributed by atoms with Gasteiger partial charge in [0.15, 0.2) is 0 Å². The molecule has 3 rings (SSSR count). The van der Waals surface area contributed by atoms with Crippen LogP contribution in [0.3, 0.4) is 0 Å². The van der Waals surface area contributed by atoms with Gasteiger partial charge in [0, 0.05) is 18.9 Å². The smallest absolute Gasteiger partial charge is 0.343 e. The maximum Gasteiger partial charge on any atom is 0.343 e. The van der Waals surface area contributed by atoms with Gasteiger partial charge in [-0.1, -0.05) is 0 Å². The van der Waals surface area contributed by atoms with Crippen LogP contribution >= 0.6 is 0 Å². The predicted molar refractivity (Wildman–Crippen MR) is 94.9 cm³/mol. The van der Waals surface area contributed by atoms with Crippen LogP contribution in [0, 0.1) is 5.82 Å². The van der Waals surface area contributed by atoms with Gasteiger partial charge in [0.25, 0.3) is 0 Å². The largest absolute Gasteiger partial charge is 0.477 e. The Labute approximate surface area is 150 Å². The Morgan fingerprint density at radius 3 is 2.52 bits per heavy atom. The Balaban J connectivity index is 2.54. The SMILES string of the molecule is CCOC(=O)c1c[nH]c2c(cc(F)c3c2c(=O)c(C(=O)O)cn3CC)c1=O. The molecule has 9 heteroatoms. The number of pyridine rings is 2. The number of carbonyl (C=O) groups excluding carboxylic acids is 1. The first-order valence-corrected chi connectivity index (χ1v) is 8.13. The first-order chi connectivity index (χ1) is 12.8. The highest BCUT2D eigenvalue weighted by atomic mass is 19.1. The first kappa shape index (κ1) is 18.3. The van der Waals surface area contributed by atoms with Gasteiger partial charge in [0.05, 0.1) is 28.4 Å². The molecule has 0 aliphatic heterocycles. The lowest BCUT2D eigenvalue weighted by atomic mass is 10.0. The number of nitrogens with zero attached hydrogens (tertiary/aromatic N) is 1. The van der Waals surface area contributed by atoms with Crippen molar-refractivity contribution in [2.45, 2.75) is 20.4 Å². The van der Waals surface area contributed by atoms with Gasteiger partial charge >= 0.3 is 11.9 Å². The number of halogens is 1. The minimum absolute atomic E-state index is 0.0419. The summed E-state index contributed by atoms with van der Waals surface area (Å²) in [5.41, 5.74) is -2.79. The maximum absolute atomic E-state index is 14.8. The van der Waals surface area contributed by atoms with Crippen LogP contribution in [0.2, 0.25) is 0 Å². The van der Waals surface area contributed by atoms with Gasteiger partial charge in [0.2, 0.25) is 10.9 Å². The van der Waals surface area contributed by atoms with Gasteiger partial charge in [-0.2, -0.15) is 0 Å². The number of aromatic carboxylic acids is 1. The van der Waals surface area contributed by atoms with Crippen LogP contribution in [0.25, 0.3) is 21.8 Å². The van der Waals surface area contributed by atoms with Gasteiger partial charge in [-0.25, -0.2) is 14.0 Å². The number of ether oxygens (including phenoxy) is 1. The third-order valence-electron chi connectivity index (χ3n) is 4.21. The molecule has 0 spiro atoms. The number of H-pyrrole nitrogens is 1. The number of fused-ring (bicyclic) bond motifs is 3. The summed E-state index contributed by atoms with van der Waals surface area (Å²) in [5, 5.41) is 8.77. The van der Waals surface area contributed by atoms with Crippen molar-refractivity contribution in [1.29, 1.82) is 0 Å². The van der Waals surface area contributed by atoms with E-state index in [1.807, 2.05) is 0 Å². The van der Waals surface area contributed by atoms with Crippen molar-refractivity contribution >= 4 is 33.7 Å². The van der Waals surface area contributed by atoms with E-state index in [4.69, 9.17) is 4.74 Å². The number of hydrogen-bond acceptors (Lipinski definition) is 5. The normalized spacial score (nSPS) is 11.1. The highest BCUT2D eigenvalue weighted by Gasteiger charge is 2.22. The third-order valence-corrected chi connectivity index (χ3v) is 4.21. The standard InChI is InChI=1S/C18H15FN2O6/c1-3-21-7-10(17(24)25)16(23)12-13-8(5-11(19)14(12)21)15(22)9(6-20-13)18(26)27-4-2/h5-7H,3-4H2,1-2H3,(H,20,22)(H,24,25). The number of carbonyl (C=O) groups is 2. The molecule has 140 valence electrons. The van der Waals surface area contributed by atoms with Gasteiger partial charge in [-0.05, 0) is 19.9 Å². The summed E-state index contributed by atoms with van der Waals surface area (Å²) >= 11 is 0. The van der Waals surface area contributed by atoms with E-state index < -0.39 is 34.2 Å². The second kappa shape index (κ2) is 6.67. The van der Waals surface area contributed by atoms with Crippen LogP contribution in [-0.4, -0.2) is 33.2 Å². The summed E-state index contributed by atoms with van der Waals surface area (Å²) < 4.78 is 20.8. The molecule has 2 heterocycles. The molecule has 27 heavy (non-hydrogen) atoms. The number of aromatic amines is 1. The zero-order valence-electron chi connectivity index (χ0n) is 14.5. The molecule has 0 unspecified atom stereocenters. The number of aromatic nitrogens is 2. The minimum Gasteiger partial charge on any atom is -0.477 e. The molecule has 2 aromatic heterocycles. The van der Waals surface area contributed by atoms with Gasteiger partial charge in [-0.15, -0.1) is 0 Å². The van der Waals surface area contributed by atoms with Crippen molar-refractivity contribution in [3.05, 3.63) is 55.9 Å². The molecule has 1 aromatic carbocycles. The summed E-state index contributed by atoms with van der Waals surface area (Å²) in [4.78, 5) is 51.2. The second-order valence-corrected chi connectivity index (χ2v) is 5.72. The van der Waals surface area contributed by atoms with E-state index in [2.05, 4.69) is 4.98 Å². The molecule has 2 N–H and O–H groups in total. The van der Waals surface area contributed by atoms with Gasteiger partial charge in [-0.3, -0.25) is 9.59 Å². The molecule has 0 aliphatic rings. The topological polar surface area (TPSA) is 118 Å². The Morgan fingerprint density at radius 2 is 1.93 bits per heavy atom. The zero-order valence-corrected chi connectivity index (χ0v) is 14.5. The van der Waals surface area contributed by atoms with E-state index in [0.29, 0.717) is 0 Å². The van der Waals surface area contributed by atoms with Gasteiger partial charge < -0.3 is 19.4 Å². The molecule has 3 aromatic rings. The van der Waals surface area contributed by atoms with E-state index in [1.54, 1.807) is 13.8 Å². The Morgan fingerprint density at radius 1 is 1.22 bits per heavy atom. The lowest BCUT2D eigenvalue weighted by Gasteiger charge is -2.13. The molecule has 0 bridgehead atoms. The zero-order chi connectivity index (χ0) is 19.9. The molecule has 0 atom stereocenters. The summed E-state index contributed by atoms with van der Waals surface area (Å²) in [6.07, 6.45) is 2.14. The molecular formula is C18H15FN2O6. The van der Waals surface area contributed by atoms with E-state index in [1.165, 1.54) is 4.57 Å². The van der Waals surface area contributed by atoms with Crippen LogP contribution < -0.4 is 10.9 Å². The Hall–Kier alpha value is -3.49. The molecule has 0 saturated carbocycles. The molecule has 0 fully saturated rings. The maximum atomic E-state index is 14.8. The number of nitrogens with one attached hydrogen (secondary N) is 1. The molecular weight excluding hydrogens is 359 g/mol. The monoisotopic (exact) mass is 374 g/mol. The summed E-state index contributed by atoms with van der Waals surface area (Å²) in [7, 11) is 0. The van der Waals surface area contributed by atoms with E-state index in [0.717, 1.165) is 18.5 Å². The molecule has 0 radical (unpaired) electrons. The lowest BCUT2D eigenvalue weighted by molar-refractivity contribution is 0.0524. The number of rotatable bonds is 4. The Kier molecular flexibility index (Phi) is 4.52. The number of carboxylic acids is 1. The van der Waals surface area contributed by atoms with E-state index in [9.17, 15) is 28.7 Å². The van der Waals surface area contributed by atoms with Crippen LogP contribution in [-0.2, 0) is 11.3 Å². The number of esters is 1. The van der Waals surface area contributed by atoms with Crippen molar-refractivity contribution in [2.24, 2.45) is 0 Å². The van der Waals surface area contributed by atoms with Crippen molar-refractivity contribution in [3.63, 3.8) is 0 Å². The molecule has 0 saturated heterocycles. The Bertz CT molecular complexity index is 1220. The van der Waals surface area contributed by atoms with E-state index in [-0.39, 0.29) is 40.5 Å². The van der Waals surface area contributed by atoms with Gasteiger partial charge in [0.1, 0.15) is 16.9 Å². The first-order valence-electron chi connectivity index (χ1n) is 8.13. The quantitative estimate of drug-likeness (QED) is 0.532. The fraction of sp³-hybridized carbons (Fsp3) is 0.222. The van der Waals surface area contributed by atoms with Crippen LogP contribution in [0.15, 0.2) is 28.0 Å². The number of hydrogen-bond donors (Lipinski definition) is 2. The fourth-order valence-electron chi connectivity index (χ4n) is 3.00. The molecule has 8 nitrogen and oxygen atoms in total. The highest BCUT2D eigenvalue weighted by Crippen LogP contribution is 2.24. The fourth-order valence-corrected chi connectivity index (χ4v) is 3.00. The van der Waals surface area contributed by atoms with Crippen LogP contribution in [0.5, 0.6) is 0 Å². The van der Waals surface area contributed by atoms with Crippen molar-refractivity contribution < 1.29 is 23.8 Å². The number of aryl methyl sites for hydroxylation is 1. The molecule has 0 amide bonds.